The van der Waals surface area contributed by atoms with Crippen molar-refractivity contribution < 1.29 is 0 Å². The summed E-state index contributed by atoms with van der Waals surface area (Å²) < 4.78 is 0. The molecule has 0 amide bonds. The first-order valence-corrected chi connectivity index (χ1v) is 6.83. The van der Waals surface area contributed by atoms with Crippen molar-refractivity contribution >= 4 is 0 Å². The molecule has 1 aliphatic carbocycles. The highest BCUT2D eigenvalue weighted by Gasteiger charge is 2.20. The van der Waals surface area contributed by atoms with Crippen LogP contribution in [0.3, 0.4) is 0 Å². The summed E-state index contributed by atoms with van der Waals surface area (Å²) in [4.78, 5) is 0. The van der Waals surface area contributed by atoms with Gasteiger partial charge in [0.05, 0.1) is 0 Å². The second-order valence-electron chi connectivity index (χ2n) is 6.48. The zero-order chi connectivity index (χ0) is 12.5. The van der Waals surface area contributed by atoms with Crippen molar-refractivity contribution in [2.45, 2.75) is 63.8 Å². The quantitative estimate of drug-likeness (QED) is 0.777. The SMILES string of the molecule is CC(C)(C)c1ccc(C2CCC(N)CC2)cc1. The van der Waals surface area contributed by atoms with E-state index >= 15 is 0 Å². The Hall–Kier alpha value is -0.820. The zero-order valence-corrected chi connectivity index (χ0v) is 11.4. The molecule has 17 heavy (non-hydrogen) atoms. The largest absolute Gasteiger partial charge is 0.328 e. The van der Waals surface area contributed by atoms with Gasteiger partial charge in [-0.05, 0) is 48.1 Å². The van der Waals surface area contributed by atoms with Crippen LogP contribution in [-0.2, 0) is 5.41 Å². The topological polar surface area (TPSA) is 26.0 Å². The Morgan fingerprint density at radius 1 is 0.941 bits per heavy atom. The number of hydrogen-bond donors (Lipinski definition) is 1. The lowest BCUT2D eigenvalue weighted by Gasteiger charge is -2.27. The molecule has 0 aliphatic heterocycles. The predicted molar refractivity (Wildman–Crippen MR) is 74.3 cm³/mol. The fourth-order valence-corrected chi connectivity index (χ4v) is 2.71. The minimum absolute atomic E-state index is 0.257. The van der Waals surface area contributed by atoms with Gasteiger partial charge in [-0.25, -0.2) is 0 Å². The minimum Gasteiger partial charge on any atom is -0.328 e. The van der Waals surface area contributed by atoms with Crippen LogP contribution < -0.4 is 5.73 Å². The minimum atomic E-state index is 0.257. The number of rotatable bonds is 1. The molecule has 0 saturated heterocycles. The summed E-state index contributed by atoms with van der Waals surface area (Å²) in [6.07, 6.45) is 4.89. The lowest BCUT2D eigenvalue weighted by molar-refractivity contribution is 0.395. The summed E-state index contributed by atoms with van der Waals surface area (Å²) >= 11 is 0. The summed E-state index contributed by atoms with van der Waals surface area (Å²) in [6.45, 7) is 6.80. The summed E-state index contributed by atoms with van der Waals surface area (Å²) in [5, 5.41) is 0. The van der Waals surface area contributed by atoms with Crippen LogP contribution in [0.15, 0.2) is 24.3 Å². The second kappa shape index (κ2) is 4.81. The molecule has 0 unspecified atom stereocenters. The van der Waals surface area contributed by atoms with E-state index < -0.39 is 0 Å². The van der Waals surface area contributed by atoms with Gasteiger partial charge < -0.3 is 5.73 Å². The standard InChI is InChI=1S/C16H25N/c1-16(2,3)14-8-4-12(5-9-14)13-6-10-15(17)11-7-13/h4-5,8-9,13,15H,6-7,10-11,17H2,1-3H3. The van der Waals surface area contributed by atoms with Crippen LogP contribution in [0.2, 0.25) is 0 Å². The van der Waals surface area contributed by atoms with E-state index in [1.54, 1.807) is 0 Å². The van der Waals surface area contributed by atoms with Crippen LogP contribution in [0.4, 0.5) is 0 Å². The van der Waals surface area contributed by atoms with Crippen molar-refractivity contribution in [1.82, 2.24) is 0 Å². The van der Waals surface area contributed by atoms with Gasteiger partial charge in [-0.1, -0.05) is 45.0 Å². The molecule has 0 spiro atoms. The van der Waals surface area contributed by atoms with Crippen molar-refractivity contribution in [2.75, 3.05) is 0 Å². The Bertz CT molecular complexity index is 350. The highest BCUT2D eigenvalue weighted by molar-refractivity contribution is 5.29. The lowest BCUT2D eigenvalue weighted by Crippen LogP contribution is -2.25. The average Bonchev–Trinajstić information content (AvgIpc) is 2.29. The number of nitrogens with two attached hydrogens (primary N) is 1. The maximum atomic E-state index is 5.96. The molecule has 1 nitrogen and oxygen atoms in total. The number of benzene rings is 1. The molecule has 0 bridgehead atoms. The van der Waals surface area contributed by atoms with Gasteiger partial charge in [-0.2, -0.15) is 0 Å². The zero-order valence-electron chi connectivity index (χ0n) is 11.4. The molecular weight excluding hydrogens is 206 g/mol. The fourth-order valence-electron chi connectivity index (χ4n) is 2.71. The molecule has 0 radical (unpaired) electrons. The van der Waals surface area contributed by atoms with E-state index in [0.29, 0.717) is 6.04 Å². The van der Waals surface area contributed by atoms with Gasteiger partial charge in [0.2, 0.25) is 0 Å². The Morgan fingerprint density at radius 3 is 1.94 bits per heavy atom. The molecule has 1 aliphatic rings. The van der Waals surface area contributed by atoms with Crippen LogP contribution in [0.25, 0.3) is 0 Å². The van der Waals surface area contributed by atoms with Crippen molar-refractivity contribution in [3.8, 4) is 0 Å². The van der Waals surface area contributed by atoms with E-state index in [1.807, 2.05) is 0 Å². The maximum absolute atomic E-state index is 5.96. The molecule has 2 rings (SSSR count). The molecule has 1 aromatic rings. The average molecular weight is 231 g/mol. The third-order valence-corrected chi connectivity index (χ3v) is 4.02. The van der Waals surface area contributed by atoms with Crippen molar-refractivity contribution in [1.29, 1.82) is 0 Å². The fraction of sp³-hybridized carbons (Fsp3) is 0.625. The van der Waals surface area contributed by atoms with Gasteiger partial charge in [0.25, 0.3) is 0 Å². The molecule has 2 N–H and O–H groups in total. The molecule has 0 aromatic heterocycles. The normalized spacial score (nSPS) is 25.9. The van der Waals surface area contributed by atoms with Crippen LogP contribution in [0, 0.1) is 0 Å². The summed E-state index contributed by atoms with van der Waals surface area (Å²) in [5.74, 6) is 0.740. The van der Waals surface area contributed by atoms with Gasteiger partial charge >= 0.3 is 0 Å². The van der Waals surface area contributed by atoms with Crippen LogP contribution in [-0.4, -0.2) is 6.04 Å². The van der Waals surface area contributed by atoms with E-state index in [-0.39, 0.29) is 5.41 Å². The van der Waals surface area contributed by atoms with Gasteiger partial charge in [0.1, 0.15) is 0 Å². The van der Waals surface area contributed by atoms with E-state index in [0.717, 1.165) is 5.92 Å². The number of hydrogen-bond acceptors (Lipinski definition) is 1. The highest BCUT2D eigenvalue weighted by atomic mass is 14.6. The molecule has 0 heterocycles. The monoisotopic (exact) mass is 231 g/mol. The van der Waals surface area contributed by atoms with Crippen LogP contribution in [0.5, 0.6) is 0 Å². The van der Waals surface area contributed by atoms with Gasteiger partial charge in [-0.15, -0.1) is 0 Å². The van der Waals surface area contributed by atoms with E-state index in [2.05, 4.69) is 45.0 Å². The highest BCUT2D eigenvalue weighted by Crippen LogP contribution is 2.33. The molecule has 1 saturated carbocycles. The summed E-state index contributed by atoms with van der Waals surface area (Å²) in [6, 6.07) is 9.68. The Balaban J connectivity index is 2.08. The first kappa shape index (κ1) is 12.6. The molecular formula is C16H25N. The molecule has 1 fully saturated rings. The van der Waals surface area contributed by atoms with Crippen molar-refractivity contribution in [2.24, 2.45) is 5.73 Å². The lowest BCUT2D eigenvalue weighted by atomic mass is 9.80. The van der Waals surface area contributed by atoms with Gasteiger partial charge in [0.15, 0.2) is 0 Å². The van der Waals surface area contributed by atoms with Gasteiger partial charge in [0, 0.05) is 6.04 Å². The van der Waals surface area contributed by atoms with Gasteiger partial charge in [-0.3, -0.25) is 0 Å². The third kappa shape index (κ3) is 3.10. The second-order valence-corrected chi connectivity index (χ2v) is 6.48. The van der Waals surface area contributed by atoms with Crippen LogP contribution >= 0.6 is 0 Å². The van der Waals surface area contributed by atoms with E-state index in [1.165, 1.54) is 36.8 Å². The predicted octanol–water partition coefficient (Wildman–Crippen LogP) is 3.97. The smallest absolute Gasteiger partial charge is 0.00392 e. The Labute approximate surface area is 105 Å². The molecule has 0 atom stereocenters. The Morgan fingerprint density at radius 2 is 1.47 bits per heavy atom. The molecule has 1 heteroatoms. The first-order chi connectivity index (χ1) is 7.97. The van der Waals surface area contributed by atoms with E-state index in [4.69, 9.17) is 5.73 Å². The van der Waals surface area contributed by atoms with Crippen molar-refractivity contribution in [3.63, 3.8) is 0 Å². The summed E-state index contributed by atoms with van der Waals surface area (Å²) in [7, 11) is 0. The first-order valence-electron chi connectivity index (χ1n) is 6.83. The maximum Gasteiger partial charge on any atom is 0.00392 e. The van der Waals surface area contributed by atoms with Crippen molar-refractivity contribution in [3.05, 3.63) is 35.4 Å². The summed E-state index contributed by atoms with van der Waals surface area (Å²) in [5.41, 5.74) is 9.14. The van der Waals surface area contributed by atoms with E-state index in [9.17, 15) is 0 Å². The van der Waals surface area contributed by atoms with Crippen LogP contribution in [0.1, 0.15) is 63.5 Å². The third-order valence-electron chi connectivity index (χ3n) is 4.02. The molecule has 1 aromatic carbocycles. The molecule has 94 valence electrons. The Kier molecular flexibility index (Phi) is 3.58.